The Morgan fingerprint density at radius 1 is 1.17 bits per heavy atom. The molecule has 0 spiro atoms. The maximum Gasteiger partial charge on any atom is 0.223 e. The molecule has 158 valence electrons. The number of piperidine rings is 1. The van der Waals surface area contributed by atoms with Crippen molar-refractivity contribution in [3.63, 3.8) is 0 Å². The fourth-order valence-electron chi connectivity index (χ4n) is 3.72. The third kappa shape index (κ3) is 5.61. The number of nitrogens with one attached hydrogen (secondary N) is 1. The van der Waals surface area contributed by atoms with E-state index in [1.54, 1.807) is 0 Å². The van der Waals surface area contributed by atoms with Gasteiger partial charge < -0.3 is 5.32 Å². The van der Waals surface area contributed by atoms with E-state index in [1.165, 1.54) is 5.56 Å². The molecule has 1 atom stereocenters. The van der Waals surface area contributed by atoms with Gasteiger partial charge in [-0.15, -0.1) is 0 Å². The van der Waals surface area contributed by atoms with Crippen LogP contribution in [0.3, 0.4) is 0 Å². The molecule has 2 aromatic rings. The first kappa shape index (κ1) is 21.8. The third-order valence-corrected chi connectivity index (χ3v) is 6.49. The van der Waals surface area contributed by atoms with Gasteiger partial charge in [-0.3, -0.25) is 9.69 Å². The van der Waals surface area contributed by atoms with Crippen molar-refractivity contribution in [1.82, 2.24) is 20.0 Å². The van der Waals surface area contributed by atoms with Crippen LogP contribution in [0.25, 0.3) is 0 Å². The summed E-state index contributed by atoms with van der Waals surface area (Å²) in [5, 5.41) is 8.54. The summed E-state index contributed by atoms with van der Waals surface area (Å²) in [5.74, 6) is 0.775. The lowest BCUT2D eigenvalue weighted by Gasteiger charge is -2.32. The van der Waals surface area contributed by atoms with Gasteiger partial charge in [0.2, 0.25) is 5.91 Å². The normalized spacial score (nSPS) is 16.9. The Morgan fingerprint density at radius 3 is 2.45 bits per heavy atom. The molecule has 1 amide bonds. The van der Waals surface area contributed by atoms with Gasteiger partial charge in [0.25, 0.3) is 0 Å². The number of rotatable bonds is 7. The summed E-state index contributed by atoms with van der Waals surface area (Å²) in [4.78, 5) is 14.9. The summed E-state index contributed by atoms with van der Waals surface area (Å²) >= 11 is 6.67. The molecule has 0 aliphatic carbocycles. The van der Waals surface area contributed by atoms with Crippen LogP contribution in [0.15, 0.2) is 30.3 Å². The number of carbonyl (C=O) groups excluding carboxylic acids is 1. The molecule has 1 aliphatic heterocycles. The lowest BCUT2D eigenvalue weighted by Crippen LogP contribution is -2.44. The summed E-state index contributed by atoms with van der Waals surface area (Å²) in [5.41, 5.74) is 3.27. The first-order valence-electron chi connectivity index (χ1n) is 10.6. The van der Waals surface area contributed by atoms with Gasteiger partial charge in [0.15, 0.2) is 0 Å². The minimum absolute atomic E-state index is 0.116. The van der Waals surface area contributed by atoms with Gasteiger partial charge in [-0.1, -0.05) is 55.8 Å². The van der Waals surface area contributed by atoms with E-state index in [1.807, 2.05) is 29.8 Å². The van der Waals surface area contributed by atoms with Gasteiger partial charge in [0.05, 0.1) is 12.2 Å². The van der Waals surface area contributed by atoms with Crippen molar-refractivity contribution in [3.05, 3.63) is 52.3 Å². The average Bonchev–Trinajstić information content (AvgIpc) is 2.96. The topological polar surface area (TPSA) is 50.2 Å². The van der Waals surface area contributed by atoms with E-state index < -0.39 is 0 Å². The van der Waals surface area contributed by atoms with Gasteiger partial charge in [-0.25, -0.2) is 4.68 Å². The highest BCUT2D eigenvalue weighted by Crippen LogP contribution is 2.25. The summed E-state index contributed by atoms with van der Waals surface area (Å²) in [6, 6.07) is 10.5. The highest BCUT2D eigenvalue weighted by molar-refractivity contribution is 6.30. The molecule has 1 aromatic heterocycles. The van der Waals surface area contributed by atoms with E-state index in [0.717, 1.165) is 48.9 Å². The predicted octanol–water partition coefficient (Wildman–Crippen LogP) is 4.27. The predicted molar refractivity (Wildman–Crippen MR) is 118 cm³/mol. The molecule has 1 aromatic carbocycles. The fraction of sp³-hybridized carbons (Fsp3) is 0.565. The molecule has 29 heavy (non-hydrogen) atoms. The third-order valence-electron chi connectivity index (χ3n) is 6.07. The number of carbonyl (C=O) groups is 1. The first-order valence-corrected chi connectivity index (χ1v) is 11.0. The summed E-state index contributed by atoms with van der Waals surface area (Å²) < 4.78 is 1.88. The summed E-state index contributed by atoms with van der Waals surface area (Å²) in [6.07, 6.45) is 1.79. The van der Waals surface area contributed by atoms with E-state index in [9.17, 15) is 4.79 Å². The first-order chi connectivity index (χ1) is 13.8. The van der Waals surface area contributed by atoms with E-state index in [0.29, 0.717) is 12.5 Å². The van der Waals surface area contributed by atoms with Gasteiger partial charge in [0.1, 0.15) is 5.15 Å². The smallest absolute Gasteiger partial charge is 0.223 e. The number of halogens is 1. The highest BCUT2D eigenvalue weighted by atomic mass is 35.5. The molecule has 1 saturated heterocycles. The molecule has 0 bridgehead atoms. The number of hydrogen-bond acceptors (Lipinski definition) is 3. The van der Waals surface area contributed by atoms with Crippen molar-refractivity contribution >= 4 is 17.5 Å². The van der Waals surface area contributed by atoms with Crippen molar-refractivity contribution in [2.45, 2.75) is 59.7 Å². The standard InChI is InChI=1S/C23H33ClN4O/c1-16(2)17(3)25-23(29)20-10-12-27(13-11-20)15-21-18(4)26-28(22(21)24)14-19-8-6-5-7-9-19/h5-9,16-17,20H,10-15H2,1-4H3,(H,25,29). The van der Waals surface area contributed by atoms with Gasteiger partial charge in [-0.2, -0.15) is 5.10 Å². The van der Waals surface area contributed by atoms with Crippen molar-refractivity contribution in [2.24, 2.45) is 11.8 Å². The maximum atomic E-state index is 12.5. The number of amides is 1. The molecule has 1 N–H and O–H groups in total. The second-order valence-electron chi connectivity index (χ2n) is 8.59. The van der Waals surface area contributed by atoms with Crippen LogP contribution in [0.1, 0.15) is 50.4 Å². The molecule has 2 heterocycles. The zero-order chi connectivity index (χ0) is 21.0. The number of aromatic nitrogens is 2. The number of nitrogens with zero attached hydrogens (tertiary/aromatic N) is 3. The molecule has 3 rings (SSSR count). The second-order valence-corrected chi connectivity index (χ2v) is 8.95. The average molecular weight is 417 g/mol. The van der Waals surface area contributed by atoms with Crippen LogP contribution >= 0.6 is 11.6 Å². The van der Waals surface area contributed by atoms with Crippen molar-refractivity contribution in [1.29, 1.82) is 0 Å². The van der Waals surface area contributed by atoms with Crippen LogP contribution < -0.4 is 5.32 Å². The quantitative estimate of drug-likeness (QED) is 0.733. The van der Waals surface area contributed by atoms with Gasteiger partial charge >= 0.3 is 0 Å². The monoisotopic (exact) mass is 416 g/mol. The maximum absolute atomic E-state index is 12.5. The SMILES string of the molecule is Cc1nn(Cc2ccccc2)c(Cl)c1CN1CCC(C(=O)NC(C)C(C)C)CC1. The highest BCUT2D eigenvalue weighted by Gasteiger charge is 2.27. The molecule has 0 saturated carbocycles. The zero-order valence-electron chi connectivity index (χ0n) is 18.0. The Labute approximate surface area is 179 Å². The molecule has 1 unspecified atom stereocenters. The van der Waals surface area contributed by atoms with Gasteiger partial charge in [-0.05, 0) is 51.3 Å². The van der Waals surface area contributed by atoms with Crippen LogP contribution in [0.5, 0.6) is 0 Å². The molecule has 1 fully saturated rings. The van der Waals surface area contributed by atoms with E-state index in [2.05, 4.69) is 48.2 Å². The molecule has 5 nitrogen and oxygen atoms in total. The Balaban J connectivity index is 1.56. The van der Waals surface area contributed by atoms with Gasteiger partial charge in [0, 0.05) is 24.1 Å². The molecule has 6 heteroatoms. The fourth-order valence-corrected chi connectivity index (χ4v) is 4.01. The van der Waals surface area contributed by atoms with E-state index >= 15 is 0 Å². The Bertz CT molecular complexity index is 810. The minimum atomic E-state index is 0.116. The summed E-state index contributed by atoms with van der Waals surface area (Å²) in [7, 11) is 0. The van der Waals surface area contributed by atoms with Crippen LogP contribution in [0.4, 0.5) is 0 Å². The Hall–Kier alpha value is -1.85. The van der Waals surface area contributed by atoms with Crippen LogP contribution in [0.2, 0.25) is 5.15 Å². The Morgan fingerprint density at radius 2 is 1.83 bits per heavy atom. The summed E-state index contributed by atoms with van der Waals surface area (Å²) in [6.45, 7) is 11.7. The molecule has 1 aliphatic rings. The van der Waals surface area contributed by atoms with E-state index in [4.69, 9.17) is 11.6 Å². The zero-order valence-corrected chi connectivity index (χ0v) is 18.7. The second kappa shape index (κ2) is 9.77. The van der Waals surface area contributed by atoms with Crippen LogP contribution in [-0.4, -0.2) is 39.7 Å². The number of hydrogen-bond donors (Lipinski definition) is 1. The lowest BCUT2D eigenvalue weighted by molar-refractivity contribution is -0.127. The van der Waals surface area contributed by atoms with Crippen molar-refractivity contribution < 1.29 is 4.79 Å². The molecular weight excluding hydrogens is 384 g/mol. The number of benzene rings is 1. The van der Waals surface area contributed by atoms with Crippen LogP contribution in [0, 0.1) is 18.8 Å². The number of aryl methyl sites for hydroxylation is 1. The molecule has 0 radical (unpaired) electrons. The largest absolute Gasteiger partial charge is 0.353 e. The molecular formula is C23H33ClN4O. The van der Waals surface area contributed by atoms with Crippen LogP contribution in [-0.2, 0) is 17.9 Å². The van der Waals surface area contributed by atoms with E-state index in [-0.39, 0.29) is 17.9 Å². The van der Waals surface area contributed by atoms with Crippen molar-refractivity contribution in [2.75, 3.05) is 13.1 Å². The lowest BCUT2D eigenvalue weighted by atomic mass is 9.94. The minimum Gasteiger partial charge on any atom is -0.353 e. The Kier molecular flexibility index (Phi) is 7.36. The number of likely N-dealkylation sites (tertiary alicyclic amines) is 1. The van der Waals surface area contributed by atoms with Crippen molar-refractivity contribution in [3.8, 4) is 0 Å².